The number of benzene rings is 1. The lowest BCUT2D eigenvalue weighted by Crippen LogP contribution is -2.39. The van der Waals surface area contributed by atoms with Crippen LogP contribution in [0.5, 0.6) is 0 Å². The smallest absolute Gasteiger partial charge is 0.251 e. The van der Waals surface area contributed by atoms with E-state index in [0.717, 1.165) is 16.5 Å². The standard InChI is InChI=1S/C13H18BrNO/c1-9(2)12(8-14)15-13(16)11-6-4-10(3)5-7-11/h4-7,9,12H,8H2,1-3H3,(H,15,16). The summed E-state index contributed by atoms with van der Waals surface area (Å²) in [6, 6.07) is 7.79. The van der Waals surface area contributed by atoms with E-state index in [1.165, 1.54) is 0 Å². The molecule has 1 aromatic carbocycles. The zero-order valence-corrected chi connectivity index (χ0v) is 11.5. The summed E-state index contributed by atoms with van der Waals surface area (Å²) < 4.78 is 0. The Kier molecular flexibility index (Phi) is 5.00. The Labute approximate surface area is 106 Å². The highest BCUT2D eigenvalue weighted by Crippen LogP contribution is 2.08. The molecule has 1 aromatic rings. The molecule has 0 aromatic heterocycles. The minimum absolute atomic E-state index is 0.00171. The van der Waals surface area contributed by atoms with Gasteiger partial charge in [0, 0.05) is 16.9 Å². The van der Waals surface area contributed by atoms with Gasteiger partial charge in [-0.3, -0.25) is 4.79 Å². The van der Waals surface area contributed by atoms with E-state index in [0.29, 0.717) is 5.92 Å². The second-order valence-electron chi connectivity index (χ2n) is 4.34. The average Bonchev–Trinajstić information content (AvgIpc) is 2.26. The molecule has 16 heavy (non-hydrogen) atoms. The fourth-order valence-electron chi connectivity index (χ4n) is 1.34. The highest BCUT2D eigenvalue weighted by molar-refractivity contribution is 9.09. The Morgan fingerprint density at radius 2 is 1.88 bits per heavy atom. The second-order valence-corrected chi connectivity index (χ2v) is 4.99. The first kappa shape index (κ1) is 13.2. The average molecular weight is 284 g/mol. The van der Waals surface area contributed by atoms with Crippen LogP contribution in [0.4, 0.5) is 0 Å². The fraction of sp³-hybridized carbons (Fsp3) is 0.462. The van der Waals surface area contributed by atoms with Gasteiger partial charge in [0.2, 0.25) is 0 Å². The van der Waals surface area contributed by atoms with Crippen LogP contribution in [0.15, 0.2) is 24.3 Å². The molecule has 0 radical (unpaired) electrons. The molecule has 0 saturated carbocycles. The molecule has 0 spiro atoms. The molecule has 1 rings (SSSR count). The van der Waals surface area contributed by atoms with Crippen LogP contribution in [-0.4, -0.2) is 17.3 Å². The predicted octanol–water partition coefficient (Wildman–Crippen LogP) is 3.14. The maximum absolute atomic E-state index is 11.9. The van der Waals surface area contributed by atoms with Crippen molar-refractivity contribution in [1.82, 2.24) is 5.32 Å². The molecule has 1 N–H and O–H groups in total. The number of carbonyl (C=O) groups excluding carboxylic acids is 1. The molecule has 0 heterocycles. The van der Waals surface area contributed by atoms with Gasteiger partial charge in [0.25, 0.3) is 5.91 Å². The van der Waals surface area contributed by atoms with Crippen LogP contribution in [0, 0.1) is 12.8 Å². The van der Waals surface area contributed by atoms with Crippen LogP contribution in [-0.2, 0) is 0 Å². The molecule has 3 heteroatoms. The van der Waals surface area contributed by atoms with Gasteiger partial charge in [-0.05, 0) is 25.0 Å². The van der Waals surface area contributed by atoms with Crippen LogP contribution in [0.1, 0.15) is 29.8 Å². The lowest BCUT2D eigenvalue weighted by atomic mass is 10.1. The number of amides is 1. The van der Waals surface area contributed by atoms with Gasteiger partial charge in [-0.25, -0.2) is 0 Å². The Hall–Kier alpha value is -0.830. The number of carbonyl (C=O) groups is 1. The zero-order valence-electron chi connectivity index (χ0n) is 9.96. The maximum Gasteiger partial charge on any atom is 0.251 e. The lowest BCUT2D eigenvalue weighted by Gasteiger charge is -2.19. The number of alkyl halides is 1. The summed E-state index contributed by atoms with van der Waals surface area (Å²) in [4.78, 5) is 11.9. The Morgan fingerprint density at radius 3 is 2.31 bits per heavy atom. The van der Waals surface area contributed by atoms with Crippen molar-refractivity contribution in [2.24, 2.45) is 5.92 Å². The minimum Gasteiger partial charge on any atom is -0.348 e. The first-order valence-electron chi connectivity index (χ1n) is 5.48. The third-order valence-corrected chi connectivity index (χ3v) is 3.30. The van der Waals surface area contributed by atoms with Crippen molar-refractivity contribution in [1.29, 1.82) is 0 Å². The summed E-state index contributed by atoms with van der Waals surface area (Å²) in [7, 11) is 0. The van der Waals surface area contributed by atoms with E-state index in [2.05, 4.69) is 35.1 Å². The van der Waals surface area contributed by atoms with Gasteiger partial charge in [0.05, 0.1) is 0 Å². The number of halogens is 1. The highest BCUT2D eigenvalue weighted by Gasteiger charge is 2.15. The van der Waals surface area contributed by atoms with E-state index >= 15 is 0 Å². The maximum atomic E-state index is 11.9. The molecule has 0 aliphatic carbocycles. The Bertz CT molecular complexity index is 345. The Balaban J connectivity index is 2.68. The van der Waals surface area contributed by atoms with Gasteiger partial charge in [-0.1, -0.05) is 47.5 Å². The quantitative estimate of drug-likeness (QED) is 0.845. The third-order valence-electron chi connectivity index (χ3n) is 2.60. The fourth-order valence-corrected chi connectivity index (χ4v) is 2.25. The SMILES string of the molecule is Cc1ccc(C(=O)NC(CBr)C(C)C)cc1. The predicted molar refractivity (Wildman–Crippen MR) is 71.1 cm³/mol. The van der Waals surface area contributed by atoms with Crippen LogP contribution >= 0.6 is 15.9 Å². The van der Waals surface area contributed by atoms with Crippen molar-refractivity contribution in [2.45, 2.75) is 26.8 Å². The number of hydrogen-bond donors (Lipinski definition) is 1. The third kappa shape index (κ3) is 3.63. The first-order chi connectivity index (χ1) is 7.54. The minimum atomic E-state index is -0.00171. The van der Waals surface area contributed by atoms with Crippen molar-refractivity contribution < 1.29 is 4.79 Å². The topological polar surface area (TPSA) is 29.1 Å². The summed E-state index contributed by atoms with van der Waals surface area (Å²) >= 11 is 3.41. The van der Waals surface area contributed by atoms with Gasteiger partial charge in [-0.15, -0.1) is 0 Å². The summed E-state index contributed by atoms with van der Waals surface area (Å²) in [5, 5.41) is 3.80. The molecule has 0 fully saturated rings. The van der Waals surface area contributed by atoms with E-state index in [1.54, 1.807) is 0 Å². The normalized spacial score (nSPS) is 12.6. The second kappa shape index (κ2) is 6.04. The van der Waals surface area contributed by atoms with E-state index < -0.39 is 0 Å². The number of rotatable bonds is 4. The summed E-state index contributed by atoms with van der Waals surface area (Å²) in [6.07, 6.45) is 0. The number of nitrogens with one attached hydrogen (secondary N) is 1. The molecule has 1 atom stereocenters. The molecule has 0 saturated heterocycles. The molecular weight excluding hydrogens is 266 g/mol. The number of hydrogen-bond acceptors (Lipinski definition) is 1. The van der Waals surface area contributed by atoms with Crippen molar-refractivity contribution in [2.75, 3.05) is 5.33 Å². The molecule has 2 nitrogen and oxygen atoms in total. The first-order valence-corrected chi connectivity index (χ1v) is 6.60. The summed E-state index contributed by atoms with van der Waals surface area (Å²) in [5.74, 6) is 0.423. The molecule has 0 aliphatic rings. The van der Waals surface area contributed by atoms with Crippen molar-refractivity contribution in [3.05, 3.63) is 35.4 Å². The molecule has 1 unspecified atom stereocenters. The van der Waals surface area contributed by atoms with Gasteiger partial charge in [0.1, 0.15) is 0 Å². The summed E-state index contributed by atoms with van der Waals surface area (Å²) in [5.41, 5.74) is 1.88. The van der Waals surface area contributed by atoms with Crippen molar-refractivity contribution in [3.8, 4) is 0 Å². The van der Waals surface area contributed by atoms with Gasteiger partial charge in [0.15, 0.2) is 0 Å². The largest absolute Gasteiger partial charge is 0.348 e. The van der Waals surface area contributed by atoms with Gasteiger partial charge in [-0.2, -0.15) is 0 Å². The molecule has 0 aliphatic heterocycles. The lowest BCUT2D eigenvalue weighted by molar-refractivity contribution is 0.0932. The monoisotopic (exact) mass is 283 g/mol. The van der Waals surface area contributed by atoms with E-state index in [-0.39, 0.29) is 11.9 Å². The van der Waals surface area contributed by atoms with E-state index in [1.807, 2.05) is 31.2 Å². The van der Waals surface area contributed by atoms with Gasteiger partial charge < -0.3 is 5.32 Å². The van der Waals surface area contributed by atoms with Crippen molar-refractivity contribution >= 4 is 21.8 Å². The summed E-state index contributed by atoms with van der Waals surface area (Å²) in [6.45, 7) is 6.21. The van der Waals surface area contributed by atoms with Crippen LogP contribution in [0.25, 0.3) is 0 Å². The van der Waals surface area contributed by atoms with Crippen LogP contribution in [0.2, 0.25) is 0 Å². The Morgan fingerprint density at radius 1 is 1.31 bits per heavy atom. The van der Waals surface area contributed by atoms with Crippen LogP contribution < -0.4 is 5.32 Å². The van der Waals surface area contributed by atoms with Gasteiger partial charge >= 0.3 is 0 Å². The molecule has 0 bridgehead atoms. The van der Waals surface area contributed by atoms with E-state index in [4.69, 9.17) is 0 Å². The zero-order chi connectivity index (χ0) is 12.1. The van der Waals surface area contributed by atoms with Crippen molar-refractivity contribution in [3.63, 3.8) is 0 Å². The molecular formula is C13H18BrNO. The number of aryl methyl sites for hydroxylation is 1. The molecule has 1 amide bonds. The van der Waals surface area contributed by atoms with E-state index in [9.17, 15) is 4.79 Å². The highest BCUT2D eigenvalue weighted by atomic mass is 79.9. The van der Waals surface area contributed by atoms with Crippen LogP contribution in [0.3, 0.4) is 0 Å². The molecule has 88 valence electrons.